The number of rotatable bonds is 2. The van der Waals surface area contributed by atoms with Gasteiger partial charge in [-0.1, -0.05) is 6.07 Å². The molecule has 0 aliphatic heterocycles. The molecule has 0 spiro atoms. The standard InChI is InChI=1S/C10H9N3S2/c1-14-10(9-12-6-7-15-9)13-8-4-2-3-5-11-8/h2-7H,1H3/b13-10-. The first-order valence-corrected chi connectivity index (χ1v) is 6.44. The van der Waals surface area contributed by atoms with Gasteiger partial charge < -0.3 is 0 Å². The SMILES string of the molecule is CS/C(=N\c1ccccn1)c1nccs1. The Morgan fingerprint density at radius 3 is 2.87 bits per heavy atom. The quantitative estimate of drug-likeness (QED) is 0.593. The Hall–Kier alpha value is -1.20. The van der Waals surface area contributed by atoms with Crippen molar-refractivity contribution in [1.29, 1.82) is 0 Å². The number of aromatic nitrogens is 2. The Morgan fingerprint density at radius 2 is 2.27 bits per heavy atom. The largest absolute Gasteiger partial charge is 0.242 e. The fourth-order valence-corrected chi connectivity index (χ4v) is 2.36. The highest BCUT2D eigenvalue weighted by molar-refractivity contribution is 8.14. The zero-order valence-electron chi connectivity index (χ0n) is 8.12. The van der Waals surface area contributed by atoms with Crippen molar-refractivity contribution >= 4 is 34.0 Å². The number of nitrogens with zero attached hydrogens (tertiary/aromatic N) is 3. The molecule has 0 N–H and O–H groups in total. The molecule has 15 heavy (non-hydrogen) atoms. The molecule has 0 bridgehead atoms. The van der Waals surface area contributed by atoms with Crippen molar-refractivity contribution in [1.82, 2.24) is 9.97 Å². The van der Waals surface area contributed by atoms with Gasteiger partial charge >= 0.3 is 0 Å². The van der Waals surface area contributed by atoms with Crippen LogP contribution in [-0.2, 0) is 0 Å². The summed E-state index contributed by atoms with van der Waals surface area (Å²) in [6, 6.07) is 5.68. The number of hydrogen-bond donors (Lipinski definition) is 0. The zero-order chi connectivity index (χ0) is 10.5. The minimum Gasteiger partial charge on any atom is -0.242 e. The minimum absolute atomic E-state index is 0.719. The molecular formula is C10H9N3S2. The summed E-state index contributed by atoms with van der Waals surface area (Å²) in [7, 11) is 0. The number of pyridine rings is 1. The molecule has 0 saturated heterocycles. The minimum atomic E-state index is 0.719. The predicted molar refractivity (Wildman–Crippen MR) is 66.1 cm³/mol. The van der Waals surface area contributed by atoms with E-state index in [0.717, 1.165) is 15.9 Å². The van der Waals surface area contributed by atoms with Crippen molar-refractivity contribution in [3.8, 4) is 0 Å². The summed E-state index contributed by atoms with van der Waals surface area (Å²) in [5.41, 5.74) is 0. The lowest BCUT2D eigenvalue weighted by atomic mass is 10.5. The Bertz CT molecular complexity index is 437. The number of aliphatic imine (C=N–C) groups is 1. The van der Waals surface area contributed by atoms with Gasteiger partial charge in [-0.25, -0.2) is 15.0 Å². The van der Waals surface area contributed by atoms with Gasteiger partial charge in [0, 0.05) is 17.8 Å². The second kappa shape index (κ2) is 5.04. The average molecular weight is 235 g/mol. The van der Waals surface area contributed by atoms with Gasteiger partial charge in [-0.15, -0.1) is 23.1 Å². The molecule has 0 unspecified atom stereocenters. The first kappa shape index (κ1) is 10.3. The van der Waals surface area contributed by atoms with E-state index in [1.807, 2.05) is 29.8 Å². The van der Waals surface area contributed by atoms with Crippen molar-refractivity contribution in [3.63, 3.8) is 0 Å². The van der Waals surface area contributed by atoms with Gasteiger partial charge in [-0.3, -0.25) is 0 Å². The van der Waals surface area contributed by atoms with E-state index in [1.165, 1.54) is 0 Å². The first-order chi connectivity index (χ1) is 7.40. The van der Waals surface area contributed by atoms with E-state index in [9.17, 15) is 0 Å². The fraction of sp³-hybridized carbons (Fsp3) is 0.100. The lowest BCUT2D eigenvalue weighted by Gasteiger charge is -1.97. The first-order valence-electron chi connectivity index (χ1n) is 4.34. The third kappa shape index (κ3) is 2.64. The Labute approximate surface area is 96.3 Å². The molecule has 0 atom stereocenters. The van der Waals surface area contributed by atoms with E-state index in [1.54, 1.807) is 35.5 Å². The molecular weight excluding hydrogens is 226 g/mol. The van der Waals surface area contributed by atoms with E-state index < -0.39 is 0 Å². The van der Waals surface area contributed by atoms with E-state index in [4.69, 9.17) is 0 Å². The molecule has 0 amide bonds. The molecule has 2 aromatic rings. The van der Waals surface area contributed by atoms with Crippen molar-refractivity contribution in [3.05, 3.63) is 41.0 Å². The normalized spacial score (nSPS) is 11.7. The number of thiazole rings is 1. The molecule has 0 radical (unpaired) electrons. The van der Waals surface area contributed by atoms with Crippen molar-refractivity contribution in [2.24, 2.45) is 4.99 Å². The summed E-state index contributed by atoms with van der Waals surface area (Å²) in [5, 5.41) is 3.79. The van der Waals surface area contributed by atoms with Gasteiger partial charge in [-0.2, -0.15) is 0 Å². The van der Waals surface area contributed by atoms with Crippen molar-refractivity contribution in [2.75, 3.05) is 6.26 Å². The van der Waals surface area contributed by atoms with Crippen molar-refractivity contribution < 1.29 is 0 Å². The molecule has 76 valence electrons. The third-order valence-electron chi connectivity index (χ3n) is 1.67. The molecule has 0 aliphatic carbocycles. The van der Waals surface area contributed by atoms with E-state index in [0.29, 0.717) is 0 Å². The van der Waals surface area contributed by atoms with Crippen LogP contribution in [0.25, 0.3) is 0 Å². The topological polar surface area (TPSA) is 38.1 Å². The number of thioether (sulfide) groups is 1. The van der Waals surface area contributed by atoms with Crippen molar-refractivity contribution in [2.45, 2.75) is 0 Å². The molecule has 5 heteroatoms. The predicted octanol–water partition coefficient (Wildman–Crippen LogP) is 2.98. The van der Waals surface area contributed by atoms with Crippen LogP contribution in [0, 0.1) is 0 Å². The summed E-state index contributed by atoms with van der Waals surface area (Å²) < 4.78 is 0. The van der Waals surface area contributed by atoms with Crippen LogP contribution in [0.15, 0.2) is 41.0 Å². The Morgan fingerprint density at radius 1 is 1.33 bits per heavy atom. The Kier molecular flexibility index (Phi) is 3.47. The monoisotopic (exact) mass is 235 g/mol. The molecule has 0 aromatic carbocycles. The smallest absolute Gasteiger partial charge is 0.153 e. The highest BCUT2D eigenvalue weighted by atomic mass is 32.2. The van der Waals surface area contributed by atoms with Gasteiger partial charge in [0.1, 0.15) is 10.1 Å². The number of hydrogen-bond acceptors (Lipinski definition) is 5. The van der Waals surface area contributed by atoms with Gasteiger partial charge in [0.15, 0.2) is 5.82 Å². The second-order valence-electron chi connectivity index (χ2n) is 2.65. The van der Waals surface area contributed by atoms with Crippen LogP contribution in [0.3, 0.4) is 0 Å². The maximum absolute atomic E-state index is 4.44. The van der Waals surface area contributed by atoms with Crippen LogP contribution in [0.5, 0.6) is 0 Å². The van der Waals surface area contributed by atoms with E-state index in [-0.39, 0.29) is 0 Å². The second-order valence-corrected chi connectivity index (χ2v) is 4.34. The summed E-state index contributed by atoms with van der Waals surface area (Å²) in [5.74, 6) is 0.719. The molecule has 3 nitrogen and oxygen atoms in total. The lowest BCUT2D eigenvalue weighted by Crippen LogP contribution is -1.92. The summed E-state index contributed by atoms with van der Waals surface area (Å²) in [6.45, 7) is 0. The van der Waals surface area contributed by atoms with Crippen LogP contribution in [-0.4, -0.2) is 21.3 Å². The fourth-order valence-electron chi connectivity index (χ4n) is 1.03. The van der Waals surface area contributed by atoms with Gasteiger partial charge in [-0.05, 0) is 18.4 Å². The van der Waals surface area contributed by atoms with E-state index in [2.05, 4.69) is 15.0 Å². The van der Waals surface area contributed by atoms with Crippen LogP contribution in [0.4, 0.5) is 5.82 Å². The van der Waals surface area contributed by atoms with Crippen LogP contribution in [0.2, 0.25) is 0 Å². The van der Waals surface area contributed by atoms with Crippen LogP contribution in [0.1, 0.15) is 5.01 Å². The highest BCUT2D eigenvalue weighted by Crippen LogP contribution is 2.17. The maximum Gasteiger partial charge on any atom is 0.153 e. The molecule has 2 rings (SSSR count). The average Bonchev–Trinajstić information content (AvgIpc) is 2.81. The van der Waals surface area contributed by atoms with Crippen LogP contribution >= 0.6 is 23.1 Å². The Balaban J connectivity index is 2.32. The molecule has 2 heterocycles. The highest BCUT2D eigenvalue weighted by Gasteiger charge is 2.04. The summed E-state index contributed by atoms with van der Waals surface area (Å²) in [6.07, 6.45) is 5.51. The summed E-state index contributed by atoms with van der Waals surface area (Å²) >= 11 is 3.16. The van der Waals surface area contributed by atoms with Crippen LogP contribution < -0.4 is 0 Å². The molecule has 2 aromatic heterocycles. The third-order valence-corrected chi connectivity index (χ3v) is 3.25. The van der Waals surface area contributed by atoms with E-state index >= 15 is 0 Å². The van der Waals surface area contributed by atoms with Gasteiger partial charge in [0.25, 0.3) is 0 Å². The molecule has 0 saturated carbocycles. The van der Waals surface area contributed by atoms with Gasteiger partial charge in [0.2, 0.25) is 0 Å². The lowest BCUT2D eigenvalue weighted by molar-refractivity contribution is 1.27. The zero-order valence-corrected chi connectivity index (χ0v) is 9.76. The maximum atomic E-state index is 4.44. The molecule has 0 fully saturated rings. The van der Waals surface area contributed by atoms with Gasteiger partial charge in [0.05, 0.1) is 0 Å². The molecule has 0 aliphatic rings. The summed E-state index contributed by atoms with van der Waals surface area (Å²) in [4.78, 5) is 12.8.